The van der Waals surface area contributed by atoms with Crippen LogP contribution >= 0.6 is 23.4 Å². The van der Waals surface area contributed by atoms with Crippen molar-refractivity contribution < 1.29 is 16.8 Å². The Morgan fingerprint density at radius 2 is 1.73 bits per heavy atom. The van der Waals surface area contributed by atoms with Crippen LogP contribution < -0.4 is 16.2 Å². The Morgan fingerprint density at radius 3 is 2.39 bits per heavy atom. The first-order valence-electron chi connectivity index (χ1n) is 9.43. The molecule has 3 aromatic carbocycles. The molecule has 0 radical (unpaired) electrons. The zero-order chi connectivity index (χ0) is 24.2. The second-order valence-corrected chi connectivity index (χ2v) is 11.5. The lowest BCUT2D eigenvalue weighted by atomic mass is 10.2. The lowest BCUT2D eigenvalue weighted by Gasteiger charge is -2.12. The minimum Gasteiger partial charge on any atom is -0.369 e. The van der Waals surface area contributed by atoms with Gasteiger partial charge in [-0.2, -0.15) is 8.42 Å². The molecule has 0 saturated heterocycles. The summed E-state index contributed by atoms with van der Waals surface area (Å²) in [4.78, 5) is 0.242. The predicted octanol–water partition coefficient (Wildman–Crippen LogP) is 3.70. The molecule has 0 aliphatic rings. The summed E-state index contributed by atoms with van der Waals surface area (Å²) in [6.07, 6.45) is 0. The highest BCUT2D eigenvalue weighted by Gasteiger charge is 2.21. The van der Waals surface area contributed by atoms with Gasteiger partial charge >= 0.3 is 0 Å². The standard InChI is InChI=1S/C21H21ClN4O4S3/c1-14-10-20(19(12-18(14)22)31-13-15-6-3-2-4-7-15)33(29,30)26-21(23)25-16-8-5-9-17(11-16)32(24,27)28/h2-12H,13H2,1H3,(H3,23,25,26)(H2,24,27,28). The number of hydrogen-bond donors (Lipinski definition) is 3. The fraction of sp³-hybridized carbons (Fsp3) is 0.0952. The fourth-order valence-electron chi connectivity index (χ4n) is 2.79. The molecule has 0 amide bonds. The van der Waals surface area contributed by atoms with Crippen LogP contribution in [0.4, 0.5) is 5.69 Å². The largest absolute Gasteiger partial charge is 0.369 e. The maximum atomic E-state index is 13.1. The number of guanidine groups is 1. The molecule has 0 aliphatic carbocycles. The third kappa shape index (κ3) is 6.71. The number of primary sulfonamides is 1. The smallest absolute Gasteiger partial charge is 0.286 e. The maximum absolute atomic E-state index is 13.1. The van der Waals surface area contributed by atoms with Crippen LogP contribution in [0.2, 0.25) is 5.02 Å². The van der Waals surface area contributed by atoms with Crippen molar-refractivity contribution in [3.63, 3.8) is 0 Å². The highest BCUT2D eigenvalue weighted by molar-refractivity contribution is 7.99. The number of benzene rings is 3. The molecule has 3 rings (SSSR count). The highest BCUT2D eigenvalue weighted by Crippen LogP contribution is 2.34. The lowest BCUT2D eigenvalue weighted by molar-refractivity contribution is 0.594. The second-order valence-electron chi connectivity index (χ2n) is 6.97. The van der Waals surface area contributed by atoms with E-state index in [1.807, 2.05) is 30.3 Å². The number of rotatable bonds is 7. The van der Waals surface area contributed by atoms with Gasteiger partial charge in [0.15, 0.2) is 0 Å². The molecule has 0 atom stereocenters. The van der Waals surface area contributed by atoms with Crippen molar-refractivity contribution in [3.05, 3.63) is 82.9 Å². The van der Waals surface area contributed by atoms with E-state index in [9.17, 15) is 16.8 Å². The molecule has 5 N–H and O–H groups in total. The van der Waals surface area contributed by atoms with Gasteiger partial charge in [0, 0.05) is 21.4 Å². The van der Waals surface area contributed by atoms with E-state index in [0.29, 0.717) is 21.2 Å². The topological polar surface area (TPSA) is 145 Å². The van der Waals surface area contributed by atoms with Gasteiger partial charge in [0.2, 0.25) is 16.0 Å². The number of nitrogens with zero attached hydrogens (tertiary/aromatic N) is 1. The molecule has 33 heavy (non-hydrogen) atoms. The predicted molar refractivity (Wildman–Crippen MR) is 132 cm³/mol. The number of thioether (sulfide) groups is 1. The summed E-state index contributed by atoms with van der Waals surface area (Å²) < 4.78 is 52.9. The first-order valence-corrected chi connectivity index (χ1v) is 13.8. The van der Waals surface area contributed by atoms with Gasteiger partial charge in [-0.1, -0.05) is 48.0 Å². The monoisotopic (exact) mass is 524 g/mol. The summed E-state index contributed by atoms with van der Waals surface area (Å²) >= 11 is 7.55. The summed E-state index contributed by atoms with van der Waals surface area (Å²) in [5.74, 6) is 0.0915. The van der Waals surface area contributed by atoms with E-state index < -0.39 is 26.0 Å². The number of anilines is 1. The molecule has 8 nitrogen and oxygen atoms in total. The fourth-order valence-corrected chi connectivity index (χ4v) is 6.03. The average molecular weight is 525 g/mol. The minimum atomic E-state index is -4.21. The van der Waals surface area contributed by atoms with E-state index in [1.54, 1.807) is 13.0 Å². The number of sulfonamides is 2. The maximum Gasteiger partial charge on any atom is 0.286 e. The molecule has 174 valence electrons. The molecule has 0 saturated carbocycles. The summed E-state index contributed by atoms with van der Waals surface area (Å²) in [5, 5.41) is 8.13. The molecule has 0 heterocycles. The lowest BCUT2D eigenvalue weighted by Crippen LogP contribution is -2.24. The van der Waals surface area contributed by atoms with Crippen LogP contribution in [0.25, 0.3) is 0 Å². The van der Waals surface area contributed by atoms with Crippen LogP contribution in [0.5, 0.6) is 0 Å². The minimum absolute atomic E-state index is 0.0339. The van der Waals surface area contributed by atoms with Crippen LogP contribution in [0.15, 0.2) is 85.8 Å². The van der Waals surface area contributed by atoms with Crippen molar-refractivity contribution in [2.45, 2.75) is 27.4 Å². The van der Waals surface area contributed by atoms with Crippen LogP contribution in [0, 0.1) is 6.92 Å². The highest BCUT2D eigenvalue weighted by atomic mass is 35.5. The van der Waals surface area contributed by atoms with E-state index in [4.69, 9.17) is 22.5 Å². The molecule has 0 fully saturated rings. The van der Waals surface area contributed by atoms with E-state index in [0.717, 1.165) is 5.56 Å². The summed E-state index contributed by atoms with van der Waals surface area (Å²) in [7, 11) is -8.15. The summed E-state index contributed by atoms with van der Waals surface area (Å²) in [5.41, 5.74) is 7.62. The Balaban J connectivity index is 1.91. The Labute approximate surface area is 202 Å². The van der Waals surface area contributed by atoms with Gasteiger partial charge in [0.05, 0.1) is 4.90 Å². The van der Waals surface area contributed by atoms with Crippen molar-refractivity contribution >= 4 is 55.1 Å². The Bertz CT molecular complexity index is 1410. The SMILES string of the molecule is Cc1cc(S(=O)(=O)N=C(N)Nc2cccc(S(N)(=O)=O)c2)c(SCc2ccccc2)cc1Cl. The molecule has 0 unspecified atom stereocenters. The normalized spacial score (nSPS) is 12.5. The molecular weight excluding hydrogens is 504 g/mol. The van der Waals surface area contributed by atoms with E-state index in [2.05, 4.69) is 9.71 Å². The number of nitrogens with one attached hydrogen (secondary N) is 1. The van der Waals surface area contributed by atoms with Gasteiger partial charge in [0.1, 0.15) is 4.90 Å². The van der Waals surface area contributed by atoms with Crippen LogP contribution in [-0.2, 0) is 25.8 Å². The van der Waals surface area contributed by atoms with Crippen molar-refractivity contribution in [2.75, 3.05) is 5.32 Å². The van der Waals surface area contributed by atoms with Gasteiger partial charge in [-0.25, -0.2) is 13.6 Å². The molecule has 0 aliphatic heterocycles. The molecule has 3 aromatic rings. The zero-order valence-corrected chi connectivity index (χ0v) is 20.6. The first-order chi connectivity index (χ1) is 15.5. The number of nitrogens with two attached hydrogens (primary N) is 2. The summed E-state index contributed by atoms with van der Waals surface area (Å²) in [6, 6.07) is 18.1. The van der Waals surface area contributed by atoms with Crippen LogP contribution in [0.1, 0.15) is 11.1 Å². The zero-order valence-electron chi connectivity index (χ0n) is 17.4. The van der Waals surface area contributed by atoms with Crippen LogP contribution in [0.3, 0.4) is 0 Å². The number of halogens is 1. The molecule has 0 spiro atoms. The van der Waals surface area contributed by atoms with Crippen molar-refractivity contribution in [3.8, 4) is 0 Å². The van der Waals surface area contributed by atoms with E-state index in [1.165, 1.54) is 42.1 Å². The third-order valence-corrected chi connectivity index (χ3v) is 8.30. The van der Waals surface area contributed by atoms with Gasteiger partial charge < -0.3 is 11.1 Å². The van der Waals surface area contributed by atoms with Crippen molar-refractivity contribution in [2.24, 2.45) is 15.3 Å². The summed E-state index contributed by atoms with van der Waals surface area (Å²) in [6.45, 7) is 1.69. The quantitative estimate of drug-likeness (QED) is 0.242. The third-order valence-electron chi connectivity index (χ3n) is 4.39. The van der Waals surface area contributed by atoms with Crippen molar-refractivity contribution in [1.82, 2.24) is 0 Å². The average Bonchev–Trinajstić information content (AvgIpc) is 2.74. The molecule has 0 aromatic heterocycles. The van der Waals surface area contributed by atoms with E-state index in [-0.39, 0.29) is 15.5 Å². The number of aryl methyl sites for hydroxylation is 1. The van der Waals surface area contributed by atoms with Gasteiger partial charge in [-0.3, -0.25) is 0 Å². The number of hydrogen-bond acceptors (Lipinski definition) is 5. The molecule has 12 heteroatoms. The Kier molecular flexibility index (Phi) is 7.70. The second kappa shape index (κ2) is 10.1. The van der Waals surface area contributed by atoms with Crippen LogP contribution in [-0.4, -0.2) is 22.8 Å². The van der Waals surface area contributed by atoms with Gasteiger partial charge in [-0.15, -0.1) is 16.2 Å². The molecular formula is C21H21ClN4O4S3. The van der Waals surface area contributed by atoms with Crippen molar-refractivity contribution in [1.29, 1.82) is 0 Å². The Hall–Kier alpha value is -2.57. The van der Waals surface area contributed by atoms with Gasteiger partial charge in [0.25, 0.3) is 10.0 Å². The Morgan fingerprint density at radius 1 is 1.03 bits per heavy atom. The molecule has 0 bridgehead atoms. The first kappa shape index (κ1) is 25.1. The van der Waals surface area contributed by atoms with E-state index >= 15 is 0 Å². The van der Waals surface area contributed by atoms with Gasteiger partial charge in [-0.05, 0) is 48.4 Å².